The summed E-state index contributed by atoms with van der Waals surface area (Å²) < 4.78 is 36.7. The third kappa shape index (κ3) is 3.41. The van der Waals surface area contributed by atoms with Crippen LogP contribution in [0.5, 0.6) is 0 Å². The largest absolute Gasteiger partial charge is 0.455 e. The minimum Gasteiger partial charge on any atom is -0.455 e. The molecule has 1 heterocycles. The maximum absolute atomic E-state index is 13.7. The number of rotatable bonds is 8. The number of ether oxygens (including phenoxy) is 6. The zero-order valence-corrected chi connectivity index (χ0v) is 27.0. The minimum absolute atomic E-state index is 0.113. The van der Waals surface area contributed by atoms with E-state index in [1.807, 2.05) is 11.9 Å². The van der Waals surface area contributed by atoms with Crippen molar-refractivity contribution in [3.05, 3.63) is 35.9 Å². The lowest BCUT2D eigenvalue weighted by Gasteiger charge is -2.72. The Bertz CT molecular complexity index is 1400. The highest BCUT2D eigenvalue weighted by atomic mass is 16.6. The van der Waals surface area contributed by atoms with Gasteiger partial charge in [-0.3, -0.25) is 4.79 Å². The average molecular weight is 648 g/mol. The van der Waals surface area contributed by atoms with E-state index in [0.717, 1.165) is 0 Å². The number of hydrogen-bond donors (Lipinski definition) is 4. The maximum Gasteiger partial charge on any atom is 0.338 e. The molecule has 0 aromatic heterocycles. The fourth-order valence-electron chi connectivity index (χ4n) is 12.2. The van der Waals surface area contributed by atoms with Crippen molar-refractivity contribution in [1.82, 2.24) is 4.90 Å². The smallest absolute Gasteiger partial charge is 0.338 e. The van der Waals surface area contributed by atoms with Crippen LogP contribution in [0.1, 0.15) is 30.1 Å². The normalized spacial score (nSPS) is 51.5. The van der Waals surface area contributed by atoms with Crippen LogP contribution < -0.4 is 0 Å². The van der Waals surface area contributed by atoms with Gasteiger partial charge in [-0.25, -0.2) is 4.79 Å². The molecule has 1 unspecified atom stereocenters. The summed E-state index contributed by atoms with van der Waals surface area (Å²) in [6, 6.07) is 7.61. The van der Waals surface area contributed by atoms with E-state index >= 15 is 0 Å². The SMILES string of the molecule is COC[C@]12CN(C)[C@@H]3[C@@H]4[C@H](OC)[C@H]1[C@@]3([C@@H](OC)CC2O)[C@]1(O)C[C@]2(O)[C@H](OC(=O)c3ccccc3)[C@@H]1[C@]4(OC(C)=O)[C@@H](O)[C@@H]2OC. The van der Waals surface area contributed by atoms with Crippen LogP contribution in [0.2, 0.25) is 0 Å². The molecule has 1 saturated heterocycles. The number of nitrogens with zero attached hydrogens (tertiary/aromatic N) is 1. The Morgan fingerprint density at radius 2 is 1.67 bits per heavy atom. The molecule has 5 saturated carbocycles. The summed E-state index contributed by atoms with van der Waals surface area (Å²) in [5.41, 5.74) is -8.16. The zero-order valence-electron chi connectivity index (χ0n) is 27.0. The van der Waals surface area contributed by atoms with E-state index in [9.17, 15) is 30.0 Å². The molecule has 5 aliphatic carbocycles. The van der Waals surface area contributed by atoms with E-state index in [2.05, 4.69) is 0 Å². The molecule has 13 heteroatoms. The first-order valence-corrected chi connectivity index (χ1v) is 15.9. The standard InChI is InChI=1S/C33H45NO12/c1-16(35)46-33-20-21(43-5)22-29(15-41-3)14-34(2)24(20)32(22,19(42-4)12-18(29)36)31(40)13-30(39,27(44-6)25(33)37)26(23(31)33)45-28(38)17-10-8-7-9-11-17/h7-11,18-27,36-37,39-40H,12-15H2,1-6H3/t18?,19-,20-,21-,22+,23-,24+,25-,26+,27-,29-,30-,31-,32+,33-/m0/s1. The molecule has 13 nitrogen and oxygen atoms in total. The highest BCUT2D eigenvalue weighted by Crippen LogP contribution is 2.81. The van der Waals surface area contributed by atoms with Crippen molar-refractivity contribution in [1.29, 1.82) is 0 Å². The number of hydrogen-bond acceptors (Lipinski definition) is 13. The molecular formula is C33H45NO12. The van der Waals surface area contributed by atoms with Crippen LogP contribution in [0.4, 0.5) is 0 Å². The quantitative estimate of drug-likeness (QED) is 0.263. The van der Waals surface area contributed by atoms with Crippen LogP contribution in [0.3, 0.4) is 0 Å². The van der Waals surface area contributed by atoms with E-state index in [1.54, 1.807) is 37.4 Å². The number of likely N-dealkylation sites (tertiary alicyclic amines) is 1. The van der Waals surface area contributed by atoms with Crippen molar-refractivity contribution in [2.45, 2.75) is 79.2 Å². The van der Waals surface area contributed by atoms with Crippen molar-refractivity contribution < 1.29 is 58.4 Å². The van der Waals surface area contributed by atoms with Crippen LogP contribution in [0.15, 0.2) is 30.3 Å². The monoisotopic (exact) mass is 647 g/mol. The lowest BCUT2D eigenvalue weighted by molar-refractivity contribution is -0.353. The number of esters is 2. The molecule has 6 fully saturated rings. The van der Waals surface area contributed by atoms with Gasteiger partial charge in [-0.15, -0.1) is 0 Å². The molecule has 1 aromatic rings. The first-order chi connectivity index (χ1) is 21.8. The summed E-state index contributed by atoms with van der Waals surface area (Å²) in [7, 11) is 7.77. The summed E-state index contributed by atoms with van der Waals surface area (Å²) in [5, 5.41) is 50.8. The van der Waals surface area contributed by atoms with Crippen LogP contribution in [0.25, 0.3) is 0 Å². The summed E-state index contributed by atoms with van der Waals surface area (Å²) in [6.07, 6.45) is -7.39. The predicted octanol–water partition coefficient (Wildman–Crippen LogP) is -0.627. The molecule has 1 aromatic carbocycles. The fraction of sp³-hybridized carbons (Fsp3) is 0.758. The van der Waals surface area contributed by atoms with Gasteiger partial charge >= 0.3 is 11.9 Å². The molecular weight excluding hydrogens is 602 g/mol. The molecule has 6 aliphatic rings. The fourth-order valence-corrected chi connectivity index (χ4v) is 12.2. The maximum atomic E-state index is 13.7. The van der Waals surface area contributed by atoms with Crippen LogP contribution >= 0.6 is 0 Å². The third-order valence-corrected chi connectivity index (χ3v) is 12.9. The van der Waals surface area contributed by atoms with Gasteiger partial charge < -0.3 is 53.7 Å². The molecule has 0 radical (unpaired) electrons. The van der Waals surface area contributed by atoms with Crippen molar-refractivity contribution >= 4 is 11.9 Å². The van der Waals surface area contributed by atoms with Gasteiger partial charge in [-0.1, -0.05) is 18.2 Å². The zero-order chi connectivity index (χ0) is 33.2. The van der Waals surface area contributed by atoms with Crippen molar-refractivity contribution in [3.8, 4) is 0 Å². The van der Waals surface area contributed by atoms with Gasteiger partial charge in [0.15, 0.2) is 5.60 Å². The number of fused-ring (bicyclic) bond motifs is 2. The van der Waals surface area contributed by atoms with Gasteiger partial charge in [0.05, 0.1) is 42.0 Å². The average Bonchev–Trinajstić information content (AvgIpc) is 3.38. The summed E-state index contributed by atoms with van der Waals surface area (Å²) >= 11 is 0. The van der Waals surface area contributed by atoms with Crippen LogP contribution in [0, 0.1) is 28.6 Å². The number of methoxy groups -OCH3 is 4. The molecule has 254 valence electrons. The molecule has 7 rings (SSSR count). The van der Waals surface area contributed by atoms with Crippen molar-refractivity contribution in [2.24, 2.45) is 28.6 Å². The van der Waals surface area contributed by atoms with E-state index in [-0.39, 0.29) is 18.6 Å². The van der Waals surface area contributed by atoms with E-state index in [1.165, 1.54) is 28.3 Å². The Morgan fingerprint density at radius 1 is 0.978 bits per heavy atom. The van der Waals surface area contributed by atoms with Crippen LogP contribution in [-0.2, 0) is 33.2 Å². The number of piperidine rings is 1. The molecule has 4 N–H and O–H groups in total. The minimum atomic E-state index is -2.12. The number of aliphatic hydroxyl groups excluding tert-OH is 2. The van der Waals surface area contributed by atoms with Gasteiger partial charge in [0, 0.05) is 83.5 Å². The number of benzene rings is 1. The lowest BCUT2D eigenvalue weighted by Crippen LogP contribution is -2.85. The Kier molecular flexibility index (Phi) is 7.31. The first-order valence-electron chi connectivity index (χ1n) is 15.9. The lowest BCUT2D eigenvalue weighted by atomic mass is 9.40. The number of carbonyl (C=O) groups excluding carboxylic acids is 2. The Labute approximate surface area is 267 Å². The molecule has 0 amide bonds. The van der Waals surface area contributed by atoms with E-state index < -0.39 is 106 Å². The molecule has 1 spiro atoms. The van der Waals surface area contributed by atoms with E-state index in [0.29, 0.717) is 6.54 Å². The Balaban J connectivity index is 1.56. The highest BCUT2D eigenvalue weighted by Gasteiger charge is 2.96. The van der Waals surface area contributed by atoms with Gasteiger partial charge in [0.25, 0.3) is 0 Å². The topological polar surface area (TPSA) is 174 Å². The van der Waals surface area contributed by atoms with E-state index in [4.69, 9.17) is 28.4 Å². The van der Waals surface area contributed by atoms with Crippen molar-refractivity contribution in [2.75, 3.05) is 48.6 Å². The second-order valence-electron chi connectivity index (χ2n) is 14.4. The number of carbonyl (C=O) groups is 2. The second kappa shape index (κ2) is 10.4. The van der Waals surface area contributed by atoms with Gasteiger partial charge in [-0.2, -0.15) is 0 Å². The Morgan fingerprint density at radius 3 is 2.26 bits per heavy atom. The summed E-state index contributed by atoms with van der Waals surface area (Å²) in [5.74, 6) is -4.35. The molecule has 7 bridgehead atoms. The second-order valence-corrected chi connectivity index (χ2v) is 14.4. The molecule has 1 aliphatic heterocycles. The highest BCUT2D eigenvalue weighted by molar-refractivity contribution is 5.89. The third-order valence-electron chi connectivity index (χ3n) is 12.9. The Hall–Kier alpha value is -2.20. The van der Waals surface area contributed by atoms with Crippen LogP contribution in [-0.4, -0.2) is 145 Å². The summed E-state index contributed by atoms with van der Waals surface area (Å²) in [6.45, 7) is 1.68. The summed E-state index contributed by atoms with van der Waals surface area (Å²) in [4.78, 5) is 28.9. The molecule has 46 heavy (non-hydrogen) atoms. The molecule has 15 atom stereocenters. The number of aliphatic hydroxyl groups is 4. The first kappa shape index (κ1) is 32.4. The van der Waals surface area contributed by atoms with Gasteiger partial charge in [-0.05, 0) is 19.2 Å². The predicted molar refractivity (Wildman–Crippen MR) is 157 cm³/mol. The van der Waals surface area contributed by atoms with Gasteiger partial charge in [0.1, 0.15) is 23.9 Å². The van der Waals surface area contributed by atoms with Gasteiger partial charge in [0.2, 0.25) is 0 Å². The van der Waals surface area contributed by atoms with Crippen molar-refractivity contribution in [3.63, 3.8) is 0 Å².